The Bertz CT molecular complexity index is 838. The van der Waals surface area contributed by atoms with E-state index in [1.807, 2.05) is 31.1 Å². The molecule has 24 heavy (non-hydrogen) atoms. The van der Waals surface area contributed by atoms with Crippen molar-refractivity contribution in [2.24, 2.45) is 0 Å². The van der Waals surface area contributed by atoms with E-state index in [1.54, 1.807) is 23.2 Å². The molecule has 0 atom stereocenters. The number of hydrogen-bond donors (Lipinski definition) is 1. The van der Waals surface area contributed by atoms with E-state index in [0.29, 0.717) is 30.0 Å². The number of anilines is 2. The molecule has 2 heterocycles. The number of hydrogen-bond acceptors (Lipinski definition) is 5. The number of carbonyl (C=O) groups excluding carboxylic acids is 1. The predicted octanol–water partition coefficient (Wildman–Crippen LogP) is 1.80. The highest BCUT2D eigenvalue weighted by Gasteiger charge is 2.24. The summed E-state index contributed by atoms with van der Waals surface area (Å²) in [6.45, 7) is 1.07. The molecule has 6 heteroatoms. The fourth-order valence-corrected chi connectivity index (χ4v) is 2.91. The van der Waals surface area contributed by atoms with E-state index in [0.717, 1.165) is 23.2 Å². The van der Waals surface area contributed by atoms with E-state index in [9.17, 15) is 10.1 Å². The van der Waals surface area contributed by atoms with Crippen LogP contribution in [0.1, 0.15) is 27.0 Å². The molecule has 122 valence electrons. The number of nitrogen functional groups attached to an aromatic ring is 1. The Morgan fingerprint density at radius 3 is 2.88 bits per heavy atom. The maximum atomic E-state index is 12.9. The van der Waals surface area contributed by atoms with Gasteiger partial charge in [-0.1, -0.05) is 0 Å². The first-order valence-corrected chi connectivity index (χ1v) is 7.73. The fraction of sp³-hybridized carbons (Fsp3) is 0.278. The Kier molecular flexibility index (Phi) is 4.09. The number of nitrogens with zero attached hydrogens (tertiary/aromatic N) is 4. The molecule has 2 aromatic rings. The lowest BCUT2D eigenvalue weighted by Crippen LogP contribution is -2.36. The number of benzene rings is 1. The minimum atomic E-state index is -0.0934. The van der Waals surface area contributed by atoms with Crippen LogP contribution in [0.15, 0.2) is 30.5 Å². The zero-order chi connectivity index (χ0) is 17.3. The summed E-state index contributed by atoms with van der Waals surface area (Å²) in [6.07, 6.45) is 2.46. The summed E-state index contributed by atoms with van der Waals surface area (Å²) in [6, 6.07) is 9.29. The van der Waals surface area contributed by atoms with Crippen LogP contribution < -0.4 is 10.6 Å². The van der Waals surface area contributed by atoms with E-state index in [-0.39, 0.29) is 5.91 Å². The molecule has 0 spiro atoms. The Morgan fingerprint density at radius 2 is 2.17 bits per heavy atom. The van der Waals surface area contributed by atoms with Crippen LogP contribution in [0.2, 0.25) is 0 Å². The summed E-state index contributed by atoms with van der Waals surface area (Å²) in [5.41, 5.74) is 9.84. The molecule has 2 N–H and O–H groups in total. The van der Waals surface area contributed by atoms with Gasteiger partial charge in [-0.3, -0.25) is 4.79 Å². The number of nitrogens with two attached hydrogens (primary N) is 1. The Labute approximate surface area is 141 Å². The summed E-state index contributed by atoms with van der Waals surface area (Å²) in [7, 11) is 3.77. The van der Waals surface area contributed by atoms with Crippen LogP contribution >= 0.6 is 0 Å². The topological polar surface area (TPSA) is 86.2 Å². The van der Waals surface area contributed by atoms with E-state index < -0.39 is 0 Å². The van der Waals surface area contributed by atoms with E-state index in [4.69, 9.17) is 5.73 Å². The van der Waals surface area contributed by atoms with Crippen molar-refractivity contribution in [2.45, 2.75) is 13.0 Å². The first-order valence-electron chi connectivity index (χ1n) is 7.73. The SMILES string of the molecule is CN(C)c1cc(C#N)cc(C(=O)N2CCc3ccnc(N)c3C2)c1. The molecule has 0 saturated heterocycles. The molecular formula is C18H19N5O. The Balaban J connectivity index is 1.92. The summed E-state index contributed by atoms with van der Waals surface area (Å²) in [5, 5.41) is 9.21. The highest BCUT2D eigenvalue weighted by molar-refractivity contribution is 5.96. The first kappa shape index (κ1) is 15.8. The third-order valence-corrected chi connectivity index (χ3v) is 4.28. The van der Waals surface area contributed by atoms with Crippen molar-refractivity contribution < 1.29 is 4.79 Å². The van der Waals surface area contributed by atoms with Gasteiger partial charge in [-0.15, -0.1) is 0 Å². The second-order valence-electron chi connectivity index (χ2n) is 6.09. The Hall–Kier alpha value is -3.07. The van der Waals surface area contributed by atoms with Crippen molar-refractivity contribution in [1.29, 1.82) is 5.26 Å². The maximum Gasteiger partial charge on any atom is 0.254 e. The average Bonchev–Trinajstić information content (AvgIpc) is 2.60. The zero-order valence-corrected chi connectivity index (χ0v) is 13.8. The number of rotatable bonds is 2. The van der Waals surface area contributed by atoms with Gasteiger partial charge in [0.2, 0.25) is 0 Å². The number of aromatic nitrogens is 1. The third-order valence-electron chi connectivity index (χ3n) is 4.28. The highest BCUT2D eigenvalue weighted by atomic mass is 16.2. The molecular weight excluding hydrogens is 302 g/mol. The van der Waals surface area contributed by atoms with Gasteiger partial charge in [-0.25, -0.2) is 4.98 Å². The van der Waals surface area contributed by atoms with Crippen molar-refractivity contribution >= 4 is 17.4 Å². The van der Waals surface area contributed by atoms with Gasteiger partial charge in [0.05, 0.1) is 11.6 Å². The van der Waals surface area contributed by atoms with Gasteiger partial charge in [0.25, 0.3) is 5.91 Å². The molecule has 1 aromatic carbocycles. The molecule has 0 bridgehead atoms. The molecule has 1 aromatic heterocycles. The molecule has 3 rings (SSSR count). The van der Waals surface area contributed by atoms with E-state index >= 15 is 0 Å². The van der Waals surface area contributed by atoms with Gasteiger partial charge in [0.1, 0.15) is 5.82 Å². The van der Waals surface area contributed by atoms with Crippen LogP contribution in [0.3, 0.4) is 0 Å². The van der Waals surface area contributed by atoms with Crippen LogP contribution in [-0.4, -0.2) is 36.4 Å². The summed E-state index contributed by atoms with van der Waals surface area (Å²) < 4.78 is 0. The summed E-state index contributed by atoms with van der Waals surface area (Å²) >= 11 is 0. The first-order chi connectivity index (χ1) is 11.5. The molecule has 0 saturated carbocycles. The van der Waals surface area contributed by atoms with Gasteiger partial charge in [-0.05, 0) is 36.2 Å². The van der Waals surface area contributed by atoms with E-state index in [1.165, 1.54) is 0 Å². The molecule has 0 unspecified atom stereocenters. The smallest absolute Gasteiger partial charge is 0.254 e. The minimum absolute atomic E-state index is 0.0934. The van der Waals surface area contributed by atoms with Crippen molar-refractivity contribution in [1.82, 2.24) is 9.88 Å². The van der Waals surface area contributed by atoms with Crippen LogP contribution in [-0.2, 0) is 13.0 Å². The lowest BCUT2D eigenvalue weighted by atomic mass is 10.00. The molecule has 0 radical (unpaired) electrons. The van der Waals surface area contributed by atoms with Crippen LogP contribution in [0.4, 0.5) is 11.5 Å². The summed E-state index contributed by atoms with van der Waals surface area (Å²) in [5.74, 6) is 0.383. The largest absolute Gasteiger partial charge is 0.383 e. The molecule has 1 amide bonds. The van der Waals surface area contributed by atoms with Gasteiger partial charge >= 0.3 is 0 Å². The van der Waals surface area contributed by atoms with Gasteiger partial charge < -0.3 is 15.5 Å². The third kappa shape index (κ3) is 2.88. The van der Waals surface area contributed by atoms with E-state index in [2.05, 4.69) is 11.1 Å². The van der Waals surface area contributed by atoms with Crippen molar-refractivity contribution in [3.05, 3.63) is 52.7 Å². The standard InChI is InChI=1S/C18H19N5O/c1-22(2)15-8-12(10-19)7-14(9-15)18(24)23-6-4-13-3-5-21-17(20)16(13)11-23/h3,5,7-9H,4,6,11H2,1-2H3,(H2,20,21). The summed E-state index contributed by atoms with van der Waals surface area (Å²) in [4.78, 5) is 20.7. The van der Waals surface area contributed by atoms with Gasteiger partial charge in [0, 0.05) is 50.2 Å². The lowest BCUT2D eigenvalue weighted by molar-refractivity contribution is 0.0735. The number of amides is 1. The van der Waals surface area contributed by atoms with Crippen LogP contribution in [0.5, 0.6) is 0 Å². The van der Waals surface area contributed by atoms with Crippen LogP contribution in [0, 0.1) is 11.3 Å². The van der Waals surface area contributed by atoms with Crippen molar-refractivity contribution in [3.8, 4) is 6.07 Å². The molecule has 0 aliphatic carbocycles. The quantitative estimate of drug-likeness (QED) is 0.911. The predicted molar refractivity (Wildman–Crippen MR) is 92.6 cm³/mol. The van der Waals surface area contributed by atoms with Gasteiger partial charge in [0.15, 0.2) is 0 Å². The minimum Gasteiger partial charge on any atom is -0.383 e. The number of nitriles is 1. The molecule has 1 aliphatic heterocycles. The van der Waals surface area contributed by atoms with Crippen molar-refractivity contribution in [2.75, 3.05) is 31.3 Å². The van der Waals surface area contributed by atoms with Gasteiger partial charge in [-0.2, -0.15) is 5.26 Å². The second-order valence-corrected chi connectivity index (χ2v) is 6.09. The average molecular weight is 321 g/mol. The second kappa shape index (κ2) is 6.20. The fourth-order valence-electron chi connectivity index (χ4n) is 2.91. The normalized spacial score (nSPS) is 13.1. The Morgan fingerprint density at radius 1 is 1.38 bits per heavy atom. The molecule has 0 fully saturated rings. The number of pyridine rings is 1. The monoisotopic (exact) mass is 321 g/mol. The zero-order valence-electron chi connectivity index (χ0n) is 13.8. The lowest BCUT2D eigenvalue weighted by Gasteiger charge is -2.29. The molecule has 6 nitrogen and oxygen atoms in total. The number of fused-ring (bicyclic) bond motifs is 1. The highest BCUT2D eigenvalue weighted by Crippen LogP contribution is 2.25. The van der Waals surface area contributed by atoms with Crippen molar-refractivity contribution in [3.63, 3.8) is 0 Å². The molecule has 1 aliphatic rings. The maximum absolute atomic E-state index is 12.9. The number of carbonyl (C=O) groups is 1. The van der Waals surface area contributed by atoms with Crippen LogP contribution in [0.25, 0.3) is 0 Å².